The van der Waals surface area contributed by atoms with E-state index in [0.717, 1.165) is 28.8 Å². The highest BCUT2D eigenvalue weighted by Crippen LogP contribution is 2.27. The van der Waals surface area contributed by atoms with Crippen LogP contribution in [0.3, 0.4) is 0 Å². The van der Waals surface area contributed by atoms with Crippen molar-refractivity contribution in [3.8, 4) is 5.69 Å². The molecule has 0 aliphatic carbocycles. The summed E-state index contributed by atoms with van der Waals surface area (Å²) >= 11 is 1.34. The van der Waals surface area contributed by atoms with E-state index in [9.17, 15) is 9.59 Å². The zero-order chi connectivity index (χ0) is 21.7. The quantitative estimate of drug-likeness (QED) is 0.442. The number of nitrogens with one attached hydrogen (secondary N) is 1. The minimum Gasteiger partial charge on any atom is -0.356 e. The normalized spacial score (nSPS) is 11.9. The largest absolute Gasteiger partial charge is 0.356 e. The molecule has 1 atom stereocenters. The topological polar surface area (TPSA) is 89.8 Å². The standard InChI is InChI=1S/C22H25N5O2S/c1-14-6-5-7-15(2)20(14)27-22(24-25-26-27)30-16(3)21(29)19-10-8-18(9-11-19)12-13-23-17(4)28/h5-11,16H,12-13H2,1-4H3,(H,23,28). The van der Waals surface area contributed by atoms with Crippen molar-refractivity contribution in [1.82, 2.24) is 25.5 Å². The van der Waals surface area contributed by atoms with Crippen LogP contribution in [0, 0.1) is 13.8 Å². The van der Waals surface area contributed by atoms with Crippen molar-refractivity contribution in [3.05, 3.63) is 64.7 Å². The minimum atomic E-state index is -0.343. The molecule has 7 nitrogen and oxygen atoms in total. The van der Waals surface area contributed by atoms with Crippen molar-refractivity contribution in [2.75, 3.05) is 6.54 Å². The number of rotatable bonds is 8. The number of hydrogen-bond acceptors (Lipinski definition) is 6. The summed E-state index contributed by atoms with van der Waals surface area (Å²) in [7, 11) is 0. The smallest absolute Gasteiger partial charge is 0.216 e. The molecule has 0 spiro atoms. The Labute approximate surface area is 180 Å². The van der Waals surface area contributed by atoms with Crippen LogP contribution in [-0.2, 0) is 11.2 Å². The molecule has 0 saturated heterocycles. The number of ketones is 1. The van der Waals surface area contributed by atoms with Crippen LogP contribution in [0.1, 0.15) is 40.9 Å². The van der Waals surface area contributed by atoms with Gasteiger partial charge in [-0.1, -0.05) is 54.2 Å². The summed E-state index contributed by atoms with van der Waals surface area (Å²) in [4.78, 5) is 23.9. The van der Waals surface area contributed by atoms with Gasteiger partial charge in [-0.2, -0.15) is 4.68 Å². The lowest BCUT2D eigenvalue weighted by Crippen LogP contribution is -2.22. The molecule has 3 aromatic rings. The summed E-state index contributed by atoms with van der Waals surface area (Å²) in [6.07, 6.45) is 0.725. The van der Waals surface area contributed by atoms with Crippen LogP contribution in [-0.4, -0.2) is 43.7 Å². The number of thioether (sulfide) groups is 1. The number of carbonyl (C=O) groups excluding carboxylic acids is 2. The van der Waals surface area contributed by atoms with Gasteiger partial charge in [0.05, 0.1) is 10.9 Å². The highest BCUT2D eigenvalue weighted by atomic mass is 32.2. The fourth-order valence-electron chi connectivity index (χ4n) is 3.20. The second-order valence-electron chi connectivity index (χ2n) is 7.17. The predicted octanol–water partition coefficient (Wildman–Crippen LogP) is 3.32. The van der Waals surface area contributed by atoms with E-state index in [1.165, 1.54) is 18.7 Å². The Balaban J connectivity index is 1.70. The van der Waals surface area contributed by atoms with Gasteiger partial charge in [-0.15, -0.1) is 5.10 Å². The lowest BCUT2D eigenvalue weighted by atomic mass is 10.0. The maximum Gasteiger partial charge on any atom is 0.216 e. The van der Waals surface area contributed by atoms with Crippen molar-refractivity contribution in [2.45, 2.75) is 44.5 Å². The second kappa shape index (κ2) is 9.67. The first-order chi connectivity index (χ1) is 14.4. The van der Waals surface area contributed by atoms with Crippen molar-refractivity contribution in [3.63, 3.8) is 0 Å². The highest BCUT2D eigenvalue weighted by molar-refractivity contribution is 8.00. The molecule has 1 unspecified atom stereocenters. The molecule has 0 aliphatic rings. The van der Waals surface area contributed by atoms with Gasteiger partial charge in [0.2, 0.25) is 11.1 Å². The van der Waals surface area contributed by atoms with Crippen LogP contribution >= 0.6 is 11.8 Å². The van der Waals surface area contributed by atoms with Gasteiger partial charge in [0.1, 0.15) is 0 Å². The van der Waals surface area contributed by atoms with Crippen LogP contribution < -0.4 is 5.32 Å². The van der Waals surface area contributed by atoms with E-state index in [-0.39, 0.29) is 16.9 Å². The van der Waals surface area contributed by atoms with Crippen LogP contribution in [0.15, 0.2) is 47.6 Å². The summed E-state index contributed by atoms with van der Waals surface area (Å²) in [5, 5.41) is 15.1. The average Bonchev–Trinajstić information content (AvgIpc) is 3.15. The van der Waals surface area contributed by atoms with Crippen LogP contribution in [0.2, 0.25) is 0 Å². The fraction of sp³-hybridized carbons (Fsp3) is 0.318. The molecule has 0 radical (unpaired) electrons. The van der Waals surface area contributed by atoms with Crippen molar-refractivity contribution < 1.29 is 9.59 Å². The van der Waals surface area contributed by atoms with E-state index >= 15 is 0 Å². The Kier molecular flexibility index (Phi) is 6.99. The maximum absolute atomic E-state index is 12.9. The number of tetrazole rings is 1. The molecule has 2 aromatic carbocycles. The van der Waals surface area contributed by atoms with Gasteiger partial charge in [0, 0.05) is 19.0 Å². The lowest BCUT2D eigenvalue weighted by molar-refractivity contribution is -0.118. The van der Waals surface area contributed by atoms with Gasteiger partial charge in [-0.25, -0.2) is 0 Å². The SMILES string of the molecule is CC(=O)NCCc1ccc(C(=O)C(C)Sc2nnnn2-c2c(C)cccc2C)cc1. The molecule has 0 fully saturated rings. The Morgan fingerprint density at radius 1 is 1.10 bits per heavy atom. The number of nitrogens with zero attached hydrogens (tertiary/aromatic N) is 4. The molecule has 1 heterocycles. The molecule has 0 bridgehead atoms. The molecule has 3 rings (SSSR count). The molecular weight excluding hydrogens is 398 g/mol. The van der Waals surface area contributed by atoms with Gasteiger partial charge in [-0.05, 0) is 54.3 Å². The Bertz CT molecular complexity index is 1030. The maximum atomic E-state index is 12.9. The zero-order valence-corrected chi connectivity index (χ0v) is 18.4. The fourth-order valence-corrected chi connectivity index (χ4v) is 4.07. The first-order valence-electron chi connectivity index (χ1n) is 9.76. The van der Waals surface area contributed by atoms with Gasteiger partial charge in [-0.3, -0.25) is 9.59 Å². The third-order valence-corrected chi connectivity index (χ3v) is 5.80. The van der Waals surface area contributed by atoms with Crippen LogP contribution in [0.25, 0.3) is 5.69 Å². The first kappa shape index (κ1) is 21.7. The minimum absolute atomic E-state index is 0.0180. The number of amides is 1. The van der Waals surface area contributed by atoms with Crippen LogP contribution in [0.5, 0.6) is 0 Å². The molecule has 1 amide bonds. The molecule has 8 heteroatoms. The average molecular weight is 424 g/mol. The Morgan fingerprint density at radius 2 is 1.77 bits per heavy atom. The number of hydrogen-bond donors (Lipinski definition) is 1. The third kappa shape index (κ3) is 5.13. The van der Waals surface area contributed by atoms with Crippen molar-refractivity contribution >= 4 is 23.5 Å². The van der Waals surface area contributed by atoms with E-state index in [2.05, 4.69) is 20.8 Å². The van der Waals surface area contributed by atoms with Gasteiger partial charge < -0.3 is 5.32 Å². The number of benzene rings is 2. The van der Waals surface area contributed by atoms with Crippen molar-refractivity contribution in [2.24, 2.45) is 0 Å². The summed E-state index contributed by atoms with van der Waals surface area (Å²) in [6, 6.07) is 13.5. The van der Waals surface area contributed by atoms with Crippen molar-refractivity contribution in [1.29, 1.82) is 0 Å². The Morgan fingerprint density at radius 3 is 2.40 bits per heavy atom. The number of aryl methyl sites for hydroxylation is 2. The Hall–Kier alpha value is -3.00. The summed E-state index contributed by atoms with van der Waals surface area (Å²) in [5.74, 6) is -0.0275. The monoisotopic (exact) mass is 423 g/mol. The van der Waals surface area contributed by atoms with E-state index in [1.54, 1.807) is 4.68 Å². The first-order valence-corrected chi connectivity index (χ1v) is 10.6. The van der Waals surface area contributed by atoms with E-state index in [1.807, 2.05) is 63.2 Å². The number of carbonyl (C=O) groups is 2. The molecule has 1 aromatic heterocycles. The van der Waals surface area contributed by atoms with E-state index in [4.69, 9.17) is 0 Å². The number of para-hydroxylation sites is 1. The predicted molar refractivity (Wildman–Crippen MR) is 117 cm³/mol. The van der Waals surface area contributed by atoms with Gasteiger partial charge in [0.25, 0.3) is 0 Å². The van der Waals surface area contributed by atoms with Crippen LogP contribution in [0.4, 0.5) is 0 Å². The van der Waals surface area contributed by atoms with Gasteiger partial charge >= 0.3 is 0 Å². The third-order valence-electron chi connectivity index (χ3n) is 4.77. The lowest BCUT2D eigenvalue weighted by Gasteiger charge is -2.13. The molecule has 156 valence electrons. The molecule has 1 N–H and O–H groups in total. The molecular formula is C22H25N5O2S. The second-order valence-corrected chi connectivity index (χ2v) is 8.48. The molecule has 30 heavy (non-hydrogen) atoms. The number of aromatic nitrogens is 4. The van der Waals surface area contributed by atoms with Gasteiger partial charge in [0.15, 0.2) is 5.78 Å². The number of Topliss-reactive ketones (excluding diaryl/α,β-unsaturated/α-hetero) is 1. The van der Waals surface area contributed by atoms with E-state index < -0.39 is 0 Å². The summed E-state index contributed by atoms with van der Waals surface area (Å²) in [6.45, 7) is 7.97. The zero-order valence-electron chi connectivity index (χ0n) is 17.5. The molecule has 0 aliphatic heterocycles. The molecule has 0 saturated carbocycles. The van der Waals surface area contributed by atoms with E-state index in [0.29, 0.717) is 17.3 Å². The summed E-state index contributed by atoms with van der Waals surface area (Å²) < 4.78 is 1.70. The highest BCUT2D eigenvalue weighted by Gasteiger charge is 2.21. The summed E-state index contributed by atoms with van der Waals surface area (Å²) in [5.41, 5.74) is 4.79.